The molecule has 4 aromatic rings. The summed E-state index contributed by atoms with van der Waals surface area (Å²) in [7, 11) is 0. The van der Waals surface area contributed by atoms with Gasteiger partial charge in [0.15, 0.2) is 0 Å². The number of nitrogens with zero attached hydrogens (tertiary/aromatic N) is 4. The van der Waals surface area contributed by atoms with E-state index in [-0.39, 0.29) is 23.1 Å². The van der Waals surface area contributed by atoms with Gasteiger partial charge in [0.05, 0.1) is 11.3 Å². The highest BCUT2D eigenvalue weighted by Gasteiger charge is 2.24. The van der Waals surface area contributed by atoms with E-state index in [0.29, 0.717) is 43.0 Å². The minimum absolute atomic E-state index is 0.100. The Labute approximate surface area is 231 Å². The molecule has 1 fully saturated rings. The van der Waals surface area contributed by atoms with Crippen LogP contribution in [0.5, 0.6) is 0 Å². The molecular formula is C27H23BrFN5O3S. The molecule has 1 aliphatic heterocycles. The predicted molar refractivity (Wildman–Crippen MR) is 148 cm³/mol. The molecule has 11 heteroatoms. The van der Waals surface area contributed by atoms with Gasteiger partial charge in [0, 0.05) is 47.6 Å². The first-order valence-electron chi connectivity index (χ1n) is 11.9. The highest BCUT2D eigenvalue weighted by atomic mass is 79.9. The van der Waals surface area contributed by atoms with E-state index in [0.717, 1.165) is 15.7 Å². The minimum atomic E-state index is -0.501. The van der Waals surface area contributed by atoms with Crippen molar-refractivity contribution in [2.24, 2.45) is 0 Å². The van der Waals surface area contributed by atoms with Crippen molar-refractivity contribution in [3.05, 3.63) is 88.6 Å². The van der Waals surface area contributed by atoms with Crippen LogP contribution in [-0.4, -0.2) is 58.8 Å². The molecule has 38 heavy (non-hydrogen) atoms. The van der Waals surface area contributed by atoms with Gasteiger partial charge in [-0.25, -0.2) is 4.39 Å². The van der Waals surface area contributed by atoms with Crippen molar-refractivity contribution >= 4 is 50.9 Å². The van der Waals surface area contributed by atoms with Gasteiger partial charge >= 0.3 is 0 Å². The number of hydrogen-bond donors (Lipinski definition) is 1. The molecule has 1 N–H and O–H groups in total. The molecule has 1 saturated heterocycles. The third-order valence-electron chi connectivity index (χ3n) is 6.01. The van der Waals surface area contributed by atoms with Crippen molar-refractivity contribution in [2.75, 3.05) is 42.1 Å². The van der Waals surface area contributed by atoms with Gasteiger partial charge < -0.3 is 19.5 Å². The lowest BCUT2D eigenvalue weighted by Crippen LogP contribution is -2.49. The van der Waals surface area contributed by atoms with Gasteiger partial charge in [0.1, 0.15) is 5.82 Å². The van der Waals surface area contributed by atoms with E-state index in [2.05, 4.69) is 36.3 Å². The van der Waals surface area contributed by atoms with Crippen molar-refractivity contribution in [3.8, 4) is 11.5 Å². The van der Waals surface area contributed by atoms with Crippen LogP contribution in [0.4, 0.5) is 15.8 Å². The normalized spacial score (nSPS) is 13.4. The van der Waals surface area contributed by atoms with Crippen LogP contribution >= 0.6 is 27.7 Å². The van der Waals surface area contributed by atoms with Crippen LogP contribution in [-0.2, 0) is 4.79 Å². The summed E-state index contributed by atoms with van der Waals surface area (Å²) in [5.74, 6) is -0.455. The zero-order valence-electron chi connectivity index (χ0n) is 20.1. The zero-order chi connectivity index (χ0) is 26.5. The highest BCUT2D eigenvalue weighted by Crippen LogP contribution is 2.25. The Hall–Kier alpha value is -3.70. The van der Waals surface area contributed by atoms with Crippen LogP contribution in [0.2, 0.25) is 0 Å². The average molecular weight is 596 g/mol. The maximum absolute atomic E-state index is 14.0. The lowest BCUT2D eigenvalue weighted by molar-refractivity contribution is -0.113. The second-order valence-electron chi connectivity index (χ2n) is 8.52. The lowest BCUT2D eigenvalue weighted by atomic mass is 10.1. The first-order valence-corrected chi connectivity index (χ1v) is 13.6. The number of carbonyl (C=O) groups excluding carboxylic acids is 2. The van der Waals surface area contributed by atoms with Gasteiger partial charge in [0.25, 0.3) is 11.1 Å². The first-order chi connectivity index (χ1) is 18.5. The van der Waals surface area contributed by atoms with E-state index in [9.17, 15) is 14.0 Å². The summed E-state index contributed by atoms with van der Waals surface area (Å²) in [6.45, 7) is 2.27. The summed E-state index contributed by atoms with van der Waals surface area (Å²) in [6, 6.07) is 21.1. The first kappa shape index (κ1) is 25.9. The number of amides is 2. The second-order valence-corrected chi connectivity index (χ2v) is 10.4. The monoisotopic (exact) mass is 595 g/mol. The van der Waals surface area contributed by atoms with Crippen LogP contribution in [0.1, 0.15) is 10.4 Å². The number of nitrogens with one attached hydrogen (secondary N) is 1. The molecule has 0 aliphatic carbocycles. The molecule has 194 valence electrons. The fraction of sp³-hybridized carbons (Fsp3) is 0.185. The van der Waals surface area contributed by atoms with Gasteiger partial charge in [-0.1, -0.05) is 39.8 Å². The standard InChI is InChI=1S/C27H23BrFN5O3S/c28-19-7-5-18(6-8-19)25-31-32-27(37-25)38-17-24(35)30-20-9-11-21(12-10-20)33-13-15-34(16-14-33)26(36)22-3-1-2-4-23(22)29/h1-12H,13-17H2,(H,30,35). The predicted octanol–water partition coefficient (Wildman–Crippen LogP) is 5.33. The molecule has 2 amide bonds. The van der Waals surface area contributed by atoms with E-state index < -0.39 is 5.82 Å². The number of hydrogen-bond acceptors (Lipinski definition) is 7. The smallest absolute Gasteiger partial charge is 0.277 e. The summed E-state index contributed by atoms with van der Waals surface area (Å²) < 4.78 is 20.6. The number of thioether (sulfide) groups is 1. The van der Waals surface area contributed by atoms with Crippen LogP contribution < -0.4 is 10.2 Å². The molecule has 0 unspecified atom stereocenters. The SMILES string of the molecule is O=C(CSc1nnc(-c2ccc(Br)cc2)o1)Nc1ccc(N2CCN(C(=O)c3ccccc3F)CC2)cc1. The van der Waals surface area contributed by atoms with Gasteiger partial charge in [-0.05, 0) is 60.7 Å². The number of halogens is 2. The van der Waals surface area contributed by atoms with E-state index >= 15 is 0 Å². The Bertz CT molecular complexity index is 1420. The fourth-order valence-electron chi connectivity index (χ4n) is 4.03. The Morgan fingerprint density at radius 3 is 2.37 bits per heavy atom. The number of piperazine rings is 1. The van der Waals surface area contributed by atoms with E-state index in [1.807, 2.05) is 48.5 Å². The summed E-state index contributed by atoms with van der Waals surface area (Å²) in [5.41, 5.74) is 2.56. The quantitative estimate of drug-likeness (QED) is 0.289. The Morgan fingerprint density at radius 1 is 0.947 bits per heavy atom. The van der Waals surface area contributed by atoms with Gasteiger partial charge in [-0.3, -0.25) is 9.59 Å². The summed E-state index contributed by atoms with van der Waals surface area (Å²) in [4.78, 5) is 28.9. The van der Waals surface area contributed by atoms with Crippen molar-refractivity contribution in [1.82, 2.24) is 15.1 Å². The van der Waals surface area contributed by atoms with E-state index in [1.165, 1.54) is 23.9 Å². The zero-order valence-corrected chi connectivity index (χ0v) is 22.5. The van der Waals surface area contributed by atoms with Crippen molar-refractivity contribution in [3.63, 3.8) is 0 Å². The maximum atomic E-state index is 14.0. The molecule has 3 aromatic carbocycles. The summed E-state index contributed by atoms with van der Waals surface area (Å²) in [5, 5.41) is 11.2. The molecule has 0 saturated carbocycles. The topological polar surface area (TPSA) is 91.6 Å². The lowest BCUT2D eigenvalue weighted by Gasteiger charge is -2.36. The summed E-state index contributed by atoms with van der Waals surface area (Å²) >= 11 is 4.56. The molecule has 5 rings (SSSR count). The third kappa shape index (κ3) is 6.22. The second kappa shape index (κ2) is 11.8. The number of carbonyl (C=O) groups is 2. The molecule has 1 aromatic heterocycles. The average Bonchev–Trinajstić information content (AvgIpc) is 3.42. The Balaban J connectivity index is 1.09. The van der Waals surface area contributed by atoms with Gasteiger partial charge in [-0.15, -0.1) is 10.2 Å². The minimum Gasteiger partial charge on any atom is -0.411 e. The van der Waals surface area contributed by atoms with Crippen LogP contribution in [0.15, 0.2) is 86.9 Å². The van der Waals surface area contributed by atoms with Crippen molar-refractivity contribution in [2.45, 2.75) is 5.22 Å². The molecular weight excluding hydrogens is 573 g/mol. The number of aromatic nitrogens is 2. The number of rotatable bonds is 7. The maximum Gasteiger partial charge on any atom is 0.277 e. The highest BCUT2D eigenvalue weighted by molar-refractivity contribution is 9.10. The van der Waals surface area contributed by atoms with Crippen LogP contribution in [0.3, 0.4) is 0 Å². The van der Waals surface area contributed by atoms with Crippen molar-refractivity contribution in [1.29, 1.82) is 0 Å². The fourth-order valence-corrected chi connectivity index (χ4v) is 4.86. The molecule has 0 bridgehead atoms. The number of anilines is 2. The third-order valence-corrected chi connectivity index (χ3v) is 7.36. The molecule has 1 aliphatic rings. The van der Waals surface area contributed by atoms with Gasteiger partial charge in [0.2, 0.25) is 11.8 Å². The van der Waals surface area contributed by atoms with E-state index in [4.69, 9.17) is 4.42 Å². The molecule has 0 spiro atoms. The van der Waals surface area contributed by atoms with Crippen LogP contribution in [0.25, 0.3) is 11.5 Å². The molecule has 2 heterocycles. The van der Waals surface area contributed by atoms with Crippen molar-refractivity contribution < 1.29 is 18.4 Å². The molecule has 0 atom stereocenters. The van der Waals surface area contributed by atoms with Gasteiger partial charge in [-0.2, -0.15) is 0 Å². The van der Waals surface area contributed by atoms with Crippen LogP contribution in [0, 0.1) is 5.82 Å². The Morgan fingerprint density at radius 2 is 1.66 bits per heavy atom. The van der Waals surface area contributed by atoms with E-state index in [1.54, 1.807) is 17.0 Å². The summed E-state index contributed by atoms with van der Waals surface area (Å²) in [6.07, 6.45) is 0. The number of benzene rings is 3. The Kier molecular flexibility index (Phi) is 8.04. The largest absolute Gasteiger partial charge is 0.411 e. The molecule has 8 nitrogen and oxygen atoms in total. The molecule has 0 radical (unpaired) electrons.